The van der Waals surface area contributed by atoms with Crippen molar-refractivity contribution in [3.63, 3.8) is 0 Å². The van der Waals surface area contributed by atoms with Crippen molar-refractivity contribution in [3.8, 4) is 0 Å². The van der Waals surface area contributed by atoms with E-state index in [-0.39, 0.29) is 6.10 Å². The highest BCUT2D eigenvalue weighted by atomic mass is 28.3. The molecule has 0 aliphatic carbocycles. The first-order valence-electron chi connectivity index (χ1n) is 9.59. The van der Waals surface area contributed by atoms with E-state index in [1.807, 2.05) is 0 Å². The van der Waals surface area contributed by atoms with Gasteiger partial charge in [-0.3, -0.25) is 0 Å². The summed E-state index contributed by atoms with van der Waals surface area (Å²) in [5.41, 5.74) is 2.64. The summed E-state index contributed by atoms with van der Waals surface area (Å²) in [4.78, 5) is 0. The van der Waals surface area contributed by atoms with E-state index in [0.29, 0.717) is 12.6 Å². The number of nitrogens with one attached hydrogen (secondary N) is 1. The van der Waals surface area contributed by atoms with Crippen LogP contribution in [0.3, 0.4) is 0 Å². The first-order chi connectivity index (χ1) is 12.1. The number of benzene rings is 2. The smallest absolute Gasteiger partial charge is 0.0803 e. The van der Waals surface area contributed by atoms with Crippen LogP contribution in [0.2, 0.25) is 19.1 Å². The Labute approximate surface area is 153 Å². The van der Waals surface area contributed by atoms with Crippen LogP contribution < -0.4 is 10.5 Å². The molecule has 0 radical (unpaired) electrons. The molecular formula is C22H31NOSi. The van der Waals surface area contributed by atoms with E-state index in [2.05, 4.69) is 79.9 Å². The summed E-state index contributed by atoms with van der Waals surface area (Å²) in [7, 11) is -1.29. The fraction of sp³-hybridized carbons (Fsp3) is 0.455. The van der Waals surface area contributed by atoms with Crippen LogP contribution in [-0.2, 0) is 11.3 Å². The number of hydrogen-bond acceptors (Lipinski definition) is 2. The molecule has 2 nitrogen and oxygen atoms in total. The lowest BCUT2D eigenvalue weighted by Gasteiger charge is -2.33. The minimum absolute atomic E-state index is 0.247. The Morgan fingerprint density at radius 1 is 1.08 bits per heavy atom. The van der Waals surface area contributed by atoms with Crippen molar-refractivity contribution >= 4 is 13.3 Å². The Balaban J connectivity index is 1.69. The first kappa shape index (κ1) is 18.4. The third-order valence-corrected chi connectivity index (χ3v) is 9.26. The van der Waals surface area contributed by atoms with Gasteiger partial charge in [-0.05, 0) is 30.5 Å². The Hall–Kier alpha value is -1.42. The van der Waals surface area contributed by atoms with Crippen LogP contribution >= 0.6 is 0 Å². The van der Waals surface area contributed by atoms with Gasteiger partial charge in [0.25, 0.3) is 0 Å². The Bertz CT molecular complexity index is 671. The van der Waals surface area contributed by atoms with Gasteiger partial charge in [-0.15, -0.1) is 0 Å². The van der Waals surface area contributed by atoms with Gasteiger partial charge in [0.15, 0.2) is 0 Å². The van der Waals surface area contributed by atoms with Crippen LogP contribution in [0.25, 0.3) is 0 Å². The molecule has 2 aromatic rings. The lowest BCUT2D eigenvalue weighted by molar-refractivity contribution is -0.00354. The van der Waals surface area contributed by atoms with E-state index in [1.165, 1.54) is 28.8 Å². The maximum Gasteiger partial charge on any atom is 0.0803 e. The maximum atomic E-state index is 6.39. The maximum absolute atomic E-state index is 6.39. The van der Waals surface area contributed by atoms with Crippen LogP contribution in [0.5, 0.6) is 0 Å². The molecule has 25 heavy (non-hydrogen) atoms. The molecule has 2 unspecified atom stereocenters. The molecule has 2 atom stereocenters. The van der Waals surface area contributed by atoms with Gasteiger partial charge >= 0.3 is 0 Å². The summed E-state index contributed by atoms with van der Waals surface area (Å²) in [6.07, 6.45) is 2.56. The second-order valence-electron chi connectivity index (χ2n) is 7.77. The molecule has 1 fully saturated rings. The molecule has 1 heterocycles. The van der Waals surface area contributed by atoms with Crippen LogP contribution in [-0.4, -0.2) is 20.7 Å². The van der Waals surface area contributed by atoms with Crippen LogP contribution in [0.15, 0.2) is 54.6 Å². The molecule has 1 aliphatic rings. The van der Waals surface area contributed by atoms with Crippen LogP contribution in [0.1, 0.15) is 36.9 Å². The number of piperidine rings is 1. The predicted octanol–water partition coefficient (Wildman–Crippen LogP) is 4.63. The SMILES string of the molecule is CC[Si](C)(C)c1cccc(COC2CCCNC2c2ccccc2)c1. The monoisotopic (exact) mass is 353 g/mol. The summed E-state index contributed by atoms with van der Waals surface area (Å²) in [6.45, 7) is 8.99. The van der Waals surface area contributed by atoms with Crippen molar-refractivity contribution in [2.24, 2.45) is 0 Å². The van der Waals surface area contributed by atoms with E-state index in [9.17, 15) is 0 Å². The molecule has 1 aliphatic heterocycles. The van der Waals surface area contributed by atoms with E-state index < -0.39 is 8.07 Å². The van der Waals surface area contributed by atoms with Crippen molar-refractivity contribution in [2.45, 2.75) is 57.7 Å². The molecule has 0 amide bonds. The Kier molecular flexibility index (Phi) is 6.10. The van der Waals surface area contributed by atoms with E-state index in [0.717, 1.165) is 13.0 Å². The second kappa shape index (κ2) is 8.30. The lowest BCUT2D eigenvalue weighted by Crippen LogP contribution is -2.41. The quantitative estimate of drug-likeness (QED) is 0.764. The van der Waals surface area contributed by atoms with Gasteiger partial charge in [-0.25, -0.2) is 0 Å². The zero-order chi connectivity index (χ0) is 17.7. The van der Waals surface area contributed by atoms with Crippen LogP contribution in [0.4, 0.5) is 0 Å². The van der Waals surface area contributed by atoms with Crippen molar-refractivity contribution in [1.29, 1.82) is 0 Å². The summed E-state index contributed by atoms with van der Waals surface area (Å²) in [5, 5.41) is 5.19. The molecular weight excluding hydrogens is 322 g/mol. The zero-order valence-electron chi connectivity index (χ0n) is 15.8. The van der Waals surface area contributed by atoms with Crippen molar-refractivity contribution in [2.75, 3.05) is 6.54 Å². The molecule has 134 valence electrons. The van der Waals surface area contributed by atoms with Gasteiger partial charge in [0, 0.05) is 0 Å². The lowest BCUT2D eigenvalue weighted by atomic mass is 9.94. The molecule has 0 spiro atoms. The highest BCUT2D eigenvalue weighted by Crippen LogP contribution is 2.26. The second-order valence-corrected chi connectivity index (χ2v) is 12.8. The predicted molar refractivity (Wildman–Crippen MR) is 109 cm³/mol. The fourth-order valence-corrected chi connectivity index (χ4v) is 5.05. The van der Waals surface area contributed by atoms with Crippen molar-refractivity contribution in [3.05, 3.63) is 65.7 Å². The average Bonchev–Trinajstić information content (AvgIpc) is 2.67. The molecule has 3 heteroatoms. The summed E-state index contributed by atoms with van der Waals surface area (Å²) in [5.74, 6) is 0. The van der Waals surface area contributed by atoms with Gasteiger partial charge in [-0.1, -0.05) is 85.8 Å². The molecule has 1 N–H and O–H groups in total. The van der Waals surface area contributed by atoms with E-state index in [4.69, 9.17) is 4.74 Å². The molecule has 2 aromatic carbocycles. The average molecular weight is 354 g/mol. The minimum Gasteiger partial charge on any atom is -0.372 e. The highest BCUT2D eigenvalue weighted by Gasteiger charge is 2.27. The van der Waals surface area contributed by atoms with Gasteiger partial charge in [0.1, 0.15) is 0 Å². The fourth-order valence-electron chi connectivity index (χ4n) is 3.52. The van der Waals surface area contributed by atoms with Crippen molar-refractivity contribution < 1.29 is 4.74 Å². The van der Waals surface area contributed by atoms with Gasteiger partial charge in [0.05, 0.1) is 26.8 Å². The van der Waals surface area contributed by atoms with Gasteiger partial charge in [0.2, 0.25) is 0 Å². The molecule has 3 rings (SSSR count). The summed E-state index contributed by atoms with van der Waals surface area (Å²) in [6, 6.07) is 21.4. The molecule has 0 bridgehead atoms. The highest BCUT2D eigenvalue weighted by molar-refractivity contribution is 6.89. The van der Waals surface area contributed by atoms with Gasteiger partial charge < -0.3 is 10.1 Å². The Morgan fingerprint density at radius 2 is 1.88 bits per heavy atom. The first-order valence-corrected chi connectivity index (χ1v) is 12.8. The number of ether oxygens (including phenoxy) is 1. The largest absolute Gasteiger partial charge is 0.372 e. The van der Waals surface area contributed by atoms with E-state index >= 15 is 0 Å². The van der Waals surface area contributed by atoms with Crippen LogP contribution in [0, 0.1) is 0 Å². The minimum atomic E-state index is -1.29. The number of hydrogen-bond donors (Lipinski definition) is 1. The summed E-state index contributed by atoms with van der Waals surface area (Å²) < 4.78 is 6.39. The van der Waals surface area contributed by atoms with Gasteiger partial charge in [-0.2, -0.15) is 0 Å². The molecule has 1 saturated heterocycles. The summed E-state index contributed by atoms with van der Waals surface area (Å²) >= 11 is 0. The topological polar surface area (TPSA) is 21.3 Å². The normalized spacial score (nSPS) is 21.2. The third kappa shape index (κ3) is 4.60. The van der Waals surface area contributed by atoms with E-state index in [1.54, 1.807) is 0 Å². The molecule has 0 saturated carbocycles. The standard InChI is InChI=1S/C22H31NOSi/c1-4-25(2,3)20-13-8-10-18(16-20)17-24-21-14-9-15-23-22(21)19-11-6-5-7-12-19/h5-8,10-13,16,21-23H,4,9,14-15,17H2,1-3H3. The Morgan fingerprint density at radius 3 is 2.64 bits per heavy atom. The van der Waals surface area contributed by atoms with Crippen molar-refractivity contribution in [1.82, 2.24) is 5.32 Å². The zero-order valence-corrected chi connectivity index (χ0v) is 16.8. The molecule has 0 aromatic heterocycles. The third-order valence-electron chi connectivity index (χ3n) is 5.62. The number of rotatable bonds is 6.